The summed E-state index contributed by atoms with van der Waals surface area (Å²) in [5.41, 5.74) is 1.23. The van der Waals surface area contributed by atoms with Gasteiger partial charge < -0.3 is 24.8 Å². The molecule has 2 N–H and O–H groups in total. The third-order valence-corrected chi connectivity index (χ3v) is 4.16. The number of aliphatic hydroxyl groups is 1. The molecule has 24 heavy (non-hydrogen) atoms. The number of β-amino-alcohol motifs (C(OH)–C–C–N with tert-alkyl or cyclic N) is 1. The number of benzene rings is 1. The molecular weight excluding hydrogens is 308 g/mol. The molecule has 1 saturated heterocycles. The topological polar surface area (TPSA) is 71.0 Å². The van der Waals surface area contributed by atoms with Gasteiger partial charge in [0.1, 0.15) is 12.4 Å². The highest BCUT2D eigenvalue weighted by molar-refractivity contribution is 5.74. The Morgan fingerprint density at radius 1 is 1.42 bits per heavy atom. The molecule has 1 heterocycles. The smallest absolute Gasteiger partial charge is 0.317 e. The van der Waals surface area contributed by atoms with Crippen LogP contribution in [0.5, 0.6) is 5.75 Å². The average molecular weight is 336 g/mol. The second-order valence-electron chi connectivity index (χ2n) is 6.63. The first-order valence-electron chi connectivity index (χ1n) is 8.38. The first kappa shape index (κ1) is 18.5. The number of methoxy groups -OCH3 is 1. The van der Waals surface area contributed by atoms with Gasteiger partial charge in [-0.3, -0.25) is 0 Å². The Hall–Kier alpha value is -1.79. The van der Waals surface area contributed by atoms with Crippen LogP contribution >= 0.6 is 0 Å². The highest BCUT2D eigenvalue weighted by Gasteiger charge is 2.30. The minimum atomic E-state index is -0.798. The lowest BCUT2D eigenvalue weighted by atomic mass is 9.95. The van der Waals surface area contributed by atoms with E-state index in [1.165, 1.54) is 0 Å². The van der Waals surface area contributed by atoms with Crippen molar-refractivity contribution >= 4 is 6.03 Å². The van der Waals surface area contributed by atoms with Gasteiger partial charge in [-0.25, -0.2) is 4.79 Å². The second-order valence-corrected chi connectivity index (χ2v) is 6.63. The summed E-state index contributed by atoms with van der Waals surface area (Å²) in [5.74, 6) is 0.762. The van der Waals surface area contributed by atoms with Gasteiger partial charge >= 0.3 is 6.03 Å². The lowest BCUT2D eigenvalue weighted by Gasteiger charge is -2.36. The molecule has 134 valence electrons. The van der Waals surface area contributed by atoms with E-state index in [0.29, 0.717) is 32.8 Å². The minimum Gasteiger partial charge on any atom is -0.491 e. The van der Waals surface area contributed by atoms with Crippen molar-refractivity contribution in [3.8, 4) is 5.75 Å². The largest absolute Gasteiger partial charge is 0.491 e. The molecular formula is C18H28N2O4. The predicted molar refractivity (Wildman–Crippen MR) is 92.2 cm³/mol. The van der Waals surface area contributed by atoms with E-state index in [2.05, 4.69) is 5.32 Å². The van der Waals surface area contributed by atoms with Crippen LogP contribution in [0.1, 0.15) is 30.9 Å². The van der Waals surface area contributed by atoms with Crippen LogP contribution in [-0.4, -0.2) is 55.1 Å². The van der Waals surface area contributed by atoms with Gasteiger partial charge in [-0.2, -0.15) is 0 Å². The van der Waals surface area contributed by atoms with Gasteiger partial charge in [0, 0.05) is 25.8 Å². The first-order valence-corrected chi connectivity index (χ1v) is 8.38. The number of hydrogen-bond acceptors (Lipinski definition) is 4. The summed E-state index contributed by atoms with van der Waals surface area (Å²) in [6.45, 7) is 6.19. The molecule has 2 rings (SSSR count). The summed E-state index contributed by atoms with van der Waals surface area (Å²) in [7, 11) is 1.63. The van der Waals surface area contributed by atoms with Gasteiger partial charge in [-0.05, 0) is 38.3 Å². The number of carbonyl (C=O) groups is 1. The molecule has 6 heteroatoms. The van der Waals surface area contributed by atoms with Crippen molar-refractivity contribution < 1.29 is 19.4 Å². The van der Waals surface area contributed by atoms with Crippen LogP contribution in [0.25, 0.3) is 0 Å². The van der Waals surface area contributed by atoms with E-state index in [1.54, 1.807) is 18.9 Å². The Kier molecular flexibility index (Phi) is 6.45. The van der Waals surface area contributed by atoms with Crippen LogP contribution in [0.15, 0.2) is 18.2 Å². The Morgan fingerprint density at radius 3 is 2.92 bits per heavy atom. The molecule has 0 spiro atoms. The zero-order valence-corrected chi connectivity index (χ0v) is 14.8. The van der Waals surface area contributed by atoms with Crippen molar-refractivity contribution in [3.63, 3.8) is 0 Å². The molecule has 1 aliphatic rings. The predicted octanol–water partition coefficient (Wildman–Crippen LogP) is 2.08. The van der Waals surface area contributed by atoms with Gasteiger partial charge in [0.15, 0.2) is 0 Å². The van der Waals surface area contributed by atoms with Crippen molar-refractivity contribution in [2.45, 2.75) is 38.8 Å². The number of nitrogens with zero attached hydrogens (tertiary/aromatic N) is 1. The van der Waals surface area contributed by atoms with Gasteiger partial charge in [0.25, 0.3) is 0 Å². The lowest BCUT2D eigenvalue weighted by molar-refractivity contribution is -0.00253. The highest BCUT2D eigenvalue weighted by atomic mass is 16.5. The van der Waals surface area contributed by atoms with Crippen LogP contribution in [0.4, 0.5) is 4.79 Å². The van der Waals surface area contributed by atoms with Crippen LogP contribution < -0.4 is 10.1 Å². The van der Waals surface area contributed by atoms with Gasteiger partial charge in [-0.1, -0.05) is 12.1 Å². The van der Waals surface area contributed by atoms with Crippen molar-refractivity contribution in [3.05, 3.63) is 29.3 Å². The normalized spacial score (nSPS) is 20.8. The number of ether oxygens (including phenoxy) is 2. The molecule has 0 unspecified atom stereocenters. The summed E-state index contributed by atoms with van der Waals surface area (Å²) in [5, 5.41) is 13.0. The summed E-state index contributed by atoms with van der Waals surface area (Å²) in [6, 6.07) is 5.77. The highest BCUT2D eigenvalue weighted by Crippen LogP contribution is 2.22. The Balaban J connectivity index is 1.94. The number of hydrogen-bond donors (Lipinski definition) is 2. The fourth-order valence-corrected chi connectivity index (χ4v) is 2.85. The second kappa shape index (κ2) is 8.35. The molecule has 0 saturated carbocycles. The summed E-state index contributed by atoms with van der Waals surface area (Å²) < 4.78 is 10.7. The lowest BCUT2D eigenvalue weighted by Crippen LogP contribution is -2.51. The fraction of sp³-hybridized carbons (Fsp3) is 0.611. The number of aryl methyl sites for hydroxylation is 1. The van der Waals surface area contributed by atoms with Crippen molar-refractivity contribution in [1.29, 1.82) is 0 Å². The molecule has 6 nitrogen and oxygen atoms in total. The SMILES string of the molecule is COCCOc1cc(C)ccc1CNC(=O)N1CCC[C@@](C)(O)C1. The molecule has 0 bridgehead atoms. The molecule has 1 aliphatic heterocycles. The van der Waals surface area contributed by atoms with E-state index in [0.717, 1.165) is 29.7 Å². The molecule has 1 fully saturated rings. The van der Waals surface area contributed by atoms with E-state index in [1.807, 2.05) is 25.1 Å². The molecule has 1 aromatic rings. The minimum absolute atomic E-state index is 0.154. The quantitative estimate of drug-likeness (QED) is 0.780. The maximum absolute atomic E-state index is 12.3. The number of piperidine rings is 1. The van der Waals surface area contributed by atoms with Crippen LogP contribution in [0.2, 0.25) is 0 Å². The summed E-state index contributed by atoms with van der Waals surface area (Å²) >= 11 is 0. The number of likely N-dealkylation sites (tertiary alicyclic amines) is 1. The van der Waals surface area contributed by atoms with E-state index >= 15 is 0 Å². The van der Waals surface area contributed by atoms with Crippen molar-refractivity contribution in [2.75, 3.05) is 33.4 Å². The van der Waals surface area contributed by atoms with Crippen molar-refractivity contribution in [2.24, 2.45) is 0 Å². The Morgan fingerprint density at radius 2 is 2.21 bits per heavy atom. The zero-order chi connectivity index (χ0) is 17.6. The molecule has 0 radical (unpaired) electrons. The van der Waals surface area contributed by atoms with Gasteiger partial charge in [0.05, 0.1) is 18.8 Å². The first-order chi connectivity index (χ1) is 11.4. The number of carbonyl (C=O) groups excluding carboxylic acids is 1. The van der Waals surface area contributed by atoms with Crippen LogP contribution in [0.3, 0.4) is 0 Å². The third-order valence-electron chi connectivity index (χ3n) is 4.16. The molecule has 0 aliphatic carbocycles. The number of rotatable bonds is 6. The Labute approximate surface area is 143 Å². The van der Waals surface area contributed by atoms with Gasteiger partial charge in [0.2, 0.25) is 0 Å². The molecule has 1 atom stereocenters. The van der Waals surface area contributed by atoms with E-state index in [-0.39, 0.29) is 6.03 Å². The maximum Gasteiger partial charge on any atom is 0.317 e. The van der Waals surface area contributed by atoms with Crippen molar-refractivity contribution in [1.82, 2.24) is 10.2 Å². The summed E-state index contributed by atoms with van der Waals surface area (Å²) in [4.78, 5) is 14.0. The van der Waals surface area contributed by atoms with E-state index in [4.69, 9.17) is 9.47 Å². The zero-order valence-electron chi connectivity index (χ0n) is 14.8. The average Bonchev–Trinajstić information content (AvgIpc) is 2.53. The molecule has 2 amide bonds. The third kappa shape index (κ3) is 5.39. The number of urea groups is 1. The molecule has 0 aromatic heterocycles. The Bertz CT molecular complexity index is 560. The van der Waals surface area contributed by atoms with Crippen LogP contribution in [-0.2, 0) is 11.3 Å². The monoisotopic (exact) mass is 336 g/mol. The fourth-order valence-electron chi connectivity index (χ4n) is 2.85. The van der Waals surface area contributed by atoms with E-state index < -0.39 is 5.60 Å². The van der Waals surface area contributed by atoms with Crippen LogP contribution in [0, 0.1) is 6.92 Å². The summed E-state index contributed by atoms with van der Waals surface area (Å²) in [6.07, 6.45) is 1.54. The van der Waals surface area contributed by atoms with Gasteiger partial charge in [-0.15, -0.1) is 0 Å². The van der Waals surface area contributed by atoms with E-state index in [9.17, 15) is 9.90 Å². The number of nitrogens with one attached hydrogen (secondary N) is 1. The standard InChI is InChI=1S/C18H28N2O4/c1-14-5-6-15(16(11-14)24-10-9-23-3)12-19-17(21)20-8-4-7-18(2,22)13-20/h5-6,11,22H,4,7-10,12-13H2,1-3H3,(H,19,21)/t18-/m1/s1. The maximum atomic E-state index is 12.3. The number of amides is 2. The molecule has 1 aromatic carbocycles.